The molecule has 3 aromatic rings. The Morgan fingerprint density at radius 3 is 2.52 bits per heavy atom. The Morgan fingerprint density at radius 1 is 1.06 bits per heavy atom. The molecule has 1 aliphatic rings. The van der Waals surface area contributed by atoms with E-state index in [1.807, 2.05) is 12.1 Å². The van der Waals surface area contributed by atoms with Gasteiger partial charge >= 0.3 is 12.3 Å². The summed E-state index contributed by atoms with van der Waals surface area (Å²) in [6, 6.07) is 10.9. The van der Waals surface area contributed by atoms with E-state index in [-0.39, 0.29) is 24.2 Å². The smallest absolute Gasteiger partial charge is 0.487 e. The van der Waals surface area contributed by atoms with Crippen LogP contribution in [0.3, 0.4) is 0 Å². The van der Waals surface area contributed by atoms with Crippen LogP contribution in [0.2, 0.25) is 0 Å². The lowest BCUT2D eigenvalue weighted by atomic mass is 10.1. The van der Waals surface area contributed by atoms with Crippen molar-refractivity contribution < 1.29 is 32.5 Å². The fourth-order valence-corrected chi connectivity index (χ4v) is 3.24. The van der Waals surface area contributed by atoms with E-state index in [1.54, 1.807) is 18.5 Å². The third-order valence-corrected chi connectivity index (χ3v) is 4.88. The Morgan fingerprint density at radius 2 is 1.84 bits per heavy atom. The van der Waals surface area contributed by atoms with Gasteiger partial charge in [0.2, 0.25) is 0 Å². The van der Waals surface area contributed by atoms with Crippen LogP contribution in [0.1, 0.15) is 23.6 Å². The highest BCUT2D eigenvalue weighted by Gasteiger charge is 2.45. The molecule has 1 aromatic carbocycles. The second-order valence-electron chi connectivity index (χ2n) is 7.15. The van der Waals surface area contributed by atoms with Crippen molar-refractivity contribution in [3.8, 4) is 22.6 Å². The van der Waals surface area contributed by atoms with Crippen molar-refractivity contribution in [1.29, 1.82) is 0 Å². The molecule has 0 spiro atoms. The lowest BCUT2D eigenvalue weighted by Gasteiger charge is -2.10. The molecule has 31 heavy (non-hydrogen) atoms. The molecule has 0 amide bonds. The van der Waals surface area contributed by atoms with Gasteiger partial charge in [0.1, 0.15) is 18.1 Å². The second-order valence-corrected chi connectivity index (χ2v) is 7.15. The molecule has 2 aromatic heterocycles. The number of alkyl halides is 3. The first-order chi connectivity index (χ1) is 14.8. The van der Waals surface area contributed by atoms with Gasteiger partial charge in [-0.15, -0.1) is 13.2 Å². The van der Waals surface area contributed by atoms with Crippen LogP contribution < -0.4 is 9.47 Å². The minimum absolute atomic E-state index is 0.0749. The summed E-state index contributed by atoms with van der Waals surface area (Å²) in [5.74, 6) is -1.08. The molecule has 1 saturated carbocycles. The predicted octanol–water partition coefficient (Wildman–Crippen LogP) is 4.81. The molecule has 0 bridgehead atoms. The van der Waals surface area contributed by atoms with Gasteiger partial charge in [0.25, 0.3) is 0 Å². The van der Waals surface area contributed by atoms with E-state index >= 15 is 0 Å². The lowest BCUT2D eigenvalue weighted by Crippen LogP contribution is -2.17. The molecule has 0 aliphatic heterocycles. The number of carboxylic acids is 1. The molecule has 1 fully saturated rings. The van der Waals surface area contributed by atoms with Crippen LogP contribution in [0.4, 0.5) is 13.2 Å². The quantitative estimate of drug-likeness (QED) is 0.579. The maximum atomic E-state index is 12.2. The van der Waals surface area contributed by atoms with Gasteiger partial charge in [0, 0.05) is 29.6 Å². The number of nitrogens with zero attached hydrogens (tertiary/aromatic N) is 2. The molecule has 1 N–H and O–H groups in total. The molecule has 2 unspecified atom stereocenters. The van der Waals surface area contributed by atoms with Crippen molar-refractivity contribution in [3.05, 3.63) is 72.3 Å². The van der Waals surface area contributed by atoms with Crippen LogP contribution in [0.5, 0.6) is 11.5 Å². The van der Waals surface area contributed by atoms with Gasteiger partial charge in [-0.1, -0.05) is 12.1 Å². The van der Waals surface area contributed by atoms with Crippen LogP contribution in [0, 0.1) is 5.92 Å². The third kappa shape index (κ3) is 5.30. The number of benzene rings is 1. The van der Waals surface area contributed by atoms with Crippen molar-refractivity contribution >= 4 is 5.97 Å². The number of hydrogen-bond acceptors (Lipinski definition) is 5. The van der Waals surface area contributed by atoms with Gasteiger partial charge in [-0.3, -0.25) is 14.8 Å². The van der Waals surface area contributed by atoms with Gasteiger partial charge < -0.3 is 14.6 Å². The second kappa shape index (κ2) is 8.25. The molecule has 2 heterocycles. The number of carbonyl (C=O) groups is 1. The standard InChI is InChI=1S/C22H17F3N2O4/c23-22(24,25)31-16-3-1-13(2-4-16)12-30-17-7-15(10-26-11-17)14-5-6-27-20(8-14)18-9-19(18)21(28)29/h1-8,10-11,18-19H,9,12H2,(H,28,29). The van der Waals surface area contributed by atoms with E-state index in [9.17, 15) is 18.0 Å². The Bertz CT molecular complexity index is 1090. The summed E-state index contributed by atoms with van der Waals surface area (Å²) in [5.41, 5.74) is 3.02. The summed E-state index contributed by atoms with van der Waals surface area (Å²) < 4.78 is 46.3. The average Bonchev–Trinajstić information content (AvgIpc) is 3.54. The maximum absolute atomic E-state index is 12.2. The van der Waals surface area contributed by atoms with Gasteiger partial charge in [0.05, 0.1) is 12.1 Å². The Labute approximate surface area is 175 Å². The largest absolute Gasteiger partial charge is 0.573 e. The highest BCUT2D eigenvalue weighted by atomic mass is 19.4. The number of pyridine rings is 2. The molecule has 0 radical (unpaired) electrons. The van der Waals surface area contributed by atoms with Crippen LogP contribution >= 0.6 is 0 Å². The highest BCUT2D eigenvalue weighted by Crippen LogP contribution is 2.47. The van der Waals surface area contributed by atoms with Gasteiger partial charge in [-0.2, -0.15) is 0 Å². The van der Waals surface area contributed by atoms with E-state index in [4.69, 9.17) is 9.84 Å². The van der Waals surface area contributed by atoms with Crippen LogP contribution in [-0.2, 0) is 11.4 Å². The maximum Gasteiger partial charge on any atom is 0.573 e. The summed E-state index contributed by atoms with van der Waals surface area (Å²) in [5, 5.41) is 9.11. The Kier molecular flexibility index (Phi) is 5.50. The number of halogens is 3. The van der Waals surface area contributed by atoms with Crippen LogP contribution in [0.15, 0.2) is 61.1 Å². The zero-order valence-corrected chi connectivity index (χ0v) is 16.0. The fourth-order valence-electron chi connectivity index (χ4n) is 3.24. The van der Waals surface area contributed by atoms with Crippen molar-refractivity contribution in [1.82, 2.24) is 9.97 Å². The number of rotatable bonds is 7. The summed E-state index contributed by atoms with van der Waals surface area (Å²) in [4.78, 5) is 19.6. The van der Waals surface area contributed by atoms with E-state index in [2.05, 4.69) is 14.7 Å². The monoisotopic (exact) mass is 430 g/mol. The molecule has 4 rings (SSSR count). The highest BCUT2D eigenvalue weighted by molar-refractivity contribution is 5.75. The molecular weight excluding hydrogens is 413 g/mol. The molecule has 160 valence electrons. The van der Waals surface area contributed by atoms with E-state index in [0.717, 1.165) is 16.8 Å². The molecule has 9 heteroatoms. The predicted molar refractivity (Wildman–Crippen MR) is 103 cm³/mol. The normalized spacial score (nSPS) is 17.8. The van der Waals surface area contributed by atoms with Crippen molar-refractivity contribution in [2.24, 2.45) is 5.92 Å². The topological polar surface area (TPSA) is 81.5 Å². The van der Waals surface area contributed by atoms with Crippen molar-refractivity contribution in [2.45, 2.75) is 25.3 Å². The number of carboxylic acid groups (broad SMARTS) is 1. The zero-order chi connectivity index (χ0) is 22.0. The number of aliphatic carboxylic acids is 1. The Balaban J connectivity index is 1.42. The zero-order valence-electron chi connectivity index (χ0n) is 16.0. The van der Waals surface area contributed by atoms with Crippen molar-refractivity contribution in [3.63, 3.8) is 0 Å². The van der Waals surface area contributed by atoms with Gasteiger partial charge in [0.15, 0.2) is 0 Å². The van der Waals surface area contributed by atoms with Crippen molar-refractivity contribution in [2.75, 3.05) is 0 Å². The van der Waals surface area contributed by atoms with Crippen LogP contribution in [0.25, 0.3) is 11.1 Å². The van der Waals surface area contributed by atoms with E-state index in [1.165, 1.54) is 30.5 Å². The van der Waals surface area contributed by atoms with Gasteiger partial charge in [-0.05, 0) is 47.9 Å². The minimum Gasteiger partial charge on any atom is -0.487 e. The fraction of sp³-hybridized carbons (Fsp3) is 0.227. The van der Waals surface area contributed by atoms with E-state index < -0.39 is 12.3 Å². The van der Waals surface area contributed by atoms with Gasteiger partial charge in [-0.25, -0.2) is 0 Å². The summed E-state index contributed by atoms with van der Waals surface area (Å²) >= 11 is 0. The minimum atomic E-state index is -4.73. The number of ether oxygens (including phenoxy) is 2. The molecule has 0 saturated heterocycles. The molecule has 1 aliphatic carbocycles. The first-order valence-electron chi connectivity index (χ1n) is 9.40. The first-order valence-corrected chi connectivity index (χ1v) is 9.40. The SMILES string of the molecule is O=C(O)C1CC1c1cc(-c2cncc(OCc3ccc(OC(F)(F)F)cc3)c2)ccn1. The summed E-state index contributed by atoms with van der Waals surface area (Å²) in [6.07, 6.45) is 0.690. The number of aromatic nitrogens is 2. The average molecular weight is 430 g/mol. The molecular formula is C22H17F3N2O4. The first kappa shape index (κ1) is 20.6. The lowest BCUT2D eigenvalue weighted by molar-refractivity contribution is -0.274. The summed E-state index contributed by atoms with van der Waals surface area (Å²) in [7, 11) is 0. The Hall–Kier alpha value is -3.62. The molecule has 2 atom stereocenters. The number of hydrogen-bond donors (Lipinski definition) is 1. The third-order valence-electron chi connectivity index (χ3n) is 4.88. The van der Waals surface area contributed by atoms with Crippen LogP contribution in [-0.4, -0.2) is 27.4 Å². The summed E-state index contributed by atoms with van der Waals surface area (Å²) in [6.45, 7) is 0.140. The molecule has 6 nitrogen and oxygen atoms in total. The van der Waals surface area contributed by atoms with E-state index in [0.29, 0.717) is 17.7 Å².